The van der Waals surface area contributed by atoms with Crippen LogP contribution in [0.25, 0.3) is 0 Å². The van der Waals surface area contributed by atoms with Gasteiger partial charge in [0.25, 0.3) is 0 Å². The number of nitrogens with one attached hydrogen (secondary N) is 1. The lowest BCUT2D eigenvalue weighted by Gasteiger charge is -2.33. The number of aromatic nitrogens is 2. The maximum Gasteiger partial charge on any atom is 0.137 e. The van der Waals surface area contributed by atoms with E-state index in [1.165, 1.54) is 18.4 Å². The first-order valence-corrected chi connectivity index (χ1v) is 7.88. The van der Waals surface area contributed by atoms with E-state index in [1.807, 2.05) is 7.05 Å². The maximum absolute atomic E-state index is 5.30. The minimum absolute atomic E-state index is 0.375. The summed E-state index contributed by atoms with van der Waals surface area (Å²) < 4.78 is 5.30. The highest BCUT2D eigenvalue weighted by atomic mass is 16.5. The molecule has 1 atom stereocenters. The molecule has 5 nitrogen and oxygen atoms in total. The maximum atomic E-state index is 5.30. The Balaban J connectivity index is 2.37. The van der Waals surface area contributed by atoms with E-state index >= 15 is 0 Å². The number of methoxy groups -OCH3 is 1. The van der Waals surface area contributed by atoms with Crippen molar-refractivity contribution in [1.29, 1.82) is 0 Å². The second-order valence-corrected chi connectivity index (χ2v) is 6.13. The van der Waals surface area contributed by atoms with Crippen LogP contribution in [0, 0.1) is 5.92 Å². The van der Waals surface area contributed by atoms with Gasteiger partial charge in [-0.25, -0.2) is 9.97 Å². The third-order valence-electron chi connectivity index (χ3n) is 4.28. The molecule has 0 saturated heterocycles. The molecule has 2 rings (SSSR count). The van der Waals surface area contributed by atoms with Crippen molar-refractivity contribution in [3.8, 4) is 0 Å². The van der Waals surface area contributed by atoms with E-state index in [0.29, 0.717) is 18.6 Å². The van der Waals surface area contributed by atoms with Gasteiger partial charge in [0, 0.05) is 32.3 Å². The Morgan fingerprint density at radius 3 is 2.57 bits per heavy atom. The van der Waals surface area contributed by atoms with Gasteiger partial charge in [-0.3, -0.25) is 0 Å². The van der Waals surface area contributed by atoms with Gasteiger partial charge in [-0.1, -0.05) is 13.8 Å². The lowest BCUT2D eigenvalue weighted by Crippen LogP contribution is -2.38. The molecule has 1 aliphatic carbocycles. The number of nitrogens with zero attached hydrogens (tertiary/aromatic N) is 3. The largest absolute Gasteiger partial charge is 0.383 e. The van der Waals surface area contributed by atoms with Gasteiger partial charge in [-0.05, 0) is 31.6 Å². The van der Waals surface area contributed by atoms with Gasteiger partial charge in [0.1, 0.15) is 18.0 Å². The standard InChI is InChI=1S/C16H28N4O/c1-11(2)14-15(17-4)18-10-19-16(14)20(8-9-21-5)12(3)13-6-7-13/h10-13H,6-9H2,1-5H3,(H,17,18,19). The van der Waals surface area contributed by atoms with Gasteiger partial charge < -0.3 is 15.0 Å². The molecular formula is C16H28N4O. The fourth-order valence-electron chi connectivity index (χ4n) is 2.87. The van der Waals surface area contributed by atoms with Crippen molar-refractivity contribution in [1.82, 2.24) is 9.97 Å². The van der Waals surface area contributed by atoms with Gasteiger partial charge >= 0.3 is 0 Å². The summed E-state index contributed by atoms with van der Waals surface area (Å²) in [4.78, 5) is 11.4. The monoisotopic (exact) mass is 292 g/mol. The molecule has 1 N–H and O–H groups in total. The Labute approximate surface area is 128 Å². The second kappa shape index (κ2) is 7.07. The van der Waals surface area contributed by atoms with Crippen LogP contribution in [0.15, 0.2) is 6.33 Å². The van der Waals surface area contributed by atoms with Gasteiger partial charge in [0.15, 0.2) is 0 Å². The molecule has 1 fully saturated rings. The highest BCUT2D eigenvalue weighted by molar-refractivity contribution is 5.60. The van der Waals surface area contributed by atoms with Crippen molar-refractivity contribution < 1.29 is 4.74 Å². The van der Waals surface area contributed by atoms with Crippen LogP contribution >= 0.6 is 0 Å². The molecular weight excluding hydrogens is 264 g/mol. The van der Waals surface area contributed by atoms with E-state index in [1.54, 1.807) is 13.4 Å². The number of hydrogen-bond acceptors (Lipinski definition) is 5. The summed E-state index contributed by atoms with van der Waals surface area (Å²) in [5.74, 6) is 3.15. The molecule has 5 heteroatoms. The first-order valence-electron chi connectivity index (χ1n) is 7.88. The molecule has 1 saturated carbocycles. The Hall–Kier alpha value is -1.36. The minimum Gasteiger partial charge on any atom is -0.383 e. The summed E-state index contributed by atoms with van der Waals surface area (Å²) in [6.45, 7) is 8.28. The third-order valence-corrected chi connectivity index (χ3v) is 4.28. The number of hydrogen-bond donors (Lipinski definition) is 1. The predicted molar refractivity (Wildman–Crippen MR) is 87.1 cm³/mol. The zero-order valence-electron chi connectivity index (χ0n) is 13.9. The van der Waals surface area contributed by atoms with Gasteiger partial charge in [-0.15, -0.1) is 0 Å². The van der Waals surface area contributed by atoms with E-state index in [0.717, 1.165) is 24.1 Å². The molecule has 21 heavy (non-hydrogen) atoms. The quantitative estimate of drug-likeness (QED) is 0.798. The van der Waals surface area contributed by atoms with Gasteiger partial charge in [0.2, 0.25) is 0 Å². The molecule has 0 bridgehead atoms. The van der Waals surface area contributed by atoms with Crippen LogP contribution < -0.4 is 10.2 Å². The van der Waals surface area contributed by atoms with Crippen LogP contribution in [0.2, 0.25) is 0 Å². The van der Waals surface area contributed by atoms with Crippen molar-refractivity contribution in [2.75, 3.05) is 37.5 Å². The average molecular weight is 292 g/mol. The molecule has 0 spiro atoms. The topological polar surface area (TPSA) is 50.3 Å². The molecule has 118 valence electrons. The van der Waals surface area contributed by atoms with Crippen LogP contribution in [0.4, 0.5) is 11.6 Å². The highest BCUT2D eigenvalue weighted by Gasteiger charge is 2.34. The summed E-state index contributed by atoms with van der Waals surface area (Å²) in [5.41, 5.74) is 1.20. The smallest absolute Gasteiger partial charge is 0.137 e. The highest BCUT2D eigenvalue weighted by Crippen LogP contribution is 2.39. The summed E-state index contributed by atoms with van der Waals surface area (Å²) in [6, 6.07) is 0.497. The molecule has 1 aromatic rings. The van der Waals surface area contributed by atoms with Crippen LogP contribution in [0.3, 0.4) is 0 Å². The number of rotatable bonds is 8. The van der Waals surface area contributed by atoms with Crippen LogP contribution in [-0.4, -0.2) is 43.3 Å². The SMILES string of the molecule is CNc1ncnc(N(CCOC)C(C)C2CC2)c1C(C)C. The molecule has 0 amide bonds. The Kier molecular flexibility index (Phi) is 5.39. The van der Waals surface area contributed by atoms with E-state index < -0.39 is 0 Å². The summed E-state index contributed by atoms with van der Waals surface area (Å²) in [6.07, 6.45) is 4.31. The fraction of sp³-hybridized carbons (Fsp3) is 0.750. The molecule has 1 heterocycles. The van der Waals surface area contributed by atoms with E-state index in [4.69, 9.17) is 4.74 Å². The first kappa shape index (κ1) is 16.0. The molecule has 0 aliphatic heterocycles. The minimum atomic E-state index is 0.375. The molecule has 0 radical (unpaired) electrons. The first-order chi connectivity index (χ1) is 10.1. The van der Waals surface area contributed by atoms with E-state index in [9.17, 15) is 0 Å². The second-order valence-electron chi connectivity index (χ2n) is 6.13. The van der Waals surface area contributed by atoms with Crippen molar-refractivity contribution in [3.05, 3.63) is 11.9 Å². The van der Waals surface area contributed by atoms with E-state index in [2.05, 4.69) is 41.0 Å². The van der Waals surface area contributed by atoms with Crippen molar-refractivity contribution in [3.63, 3.8) is 0 Å². The lowest BCUT2D eigenvalue weighted by atomic mass is 10.0. The summed E-state index contributed by atoms with van der Waals surface area (Å²) in [7, 11) is 3.67. The molecule has 1 unspecified atom stereocenters. The average Bonchev–Trinajstić information content (AvgIpc) is 3.31. The number of ether oxygens (including phenoxy) is 1. The van der Waals surface area contributed by atoms with Gasteiger partial charge in [0.05, 0.1) is 6.61 Å². The van der Waals surface area contributed by atoms with Crippen LogP contribution in [-0.2, 0) is 4.74 Å². The zero-order valence-corrected chi connectivity index (χ0v) is 13.9. The van der Waals surface area contributed by atoms with Gasteiger partial charge in [-0.2, -0.15) is 0 Å². The van der Waals surface area contributed by atoms with Crippen molar-refractivity contribution >= 4 is 11.6 Å². The Bertz CT molecular complexity index is 460. The van der Waals surface area contributed by atoms with Crippen LogP contribution in [0.5, 0.6) is 0 Å². The normalized spacial score (nSPS) is 16.1. The summed E-state index contributed by atoms with van der Waals surface area (Å²) >= 11 is 0. The van der Waals surface area contributed by atoms with E-state index in [-0.39, 0.29) is 0 Å². The Morgan fingerprint density at radius 2 is 2.05 bits per heavy atom. The molecule has 0 aromatic carbocycles. The predicted octanol–water partition coefficient (Wildman–Crippen LogP) is 2.89. The van der Waals surface area contributed by atoms with Crippen molar-refractivity contribution in [2.45, 2.75) is 45.6 Å². The fourth-order valence-corrected chi connectivity index (χ4v) is 2.87. The zero-order chi connectivity index (χ0) is 15.4. The molecule has 1 aliphatic rings. The summed E-state index contributed by atoms with van der Waals surface area (Å²) in [5, 5.41) is 3.20. The lowest BCUT2D eigenvalue weighted by molar-refractivity contribution is 0.202. The molecule has 1 aromatic heterocycles. The Morgan fingerprint density at radius 1 is 1.33 bits per heavy atom. The third kappa shape index (κ3) is 3.64. The van der Waals surface area contributed by atoms with Crippen molar-refractivity contribution in [2.24, 2.45) is 5.92 Å². The van der Waals surface area contributed by atoms with Crippen LogP contribution in [0.1, 0.15) is 45.1 Å². The number of anilines is 2.